The summed E-state index contributed by atoms with van der Waals surface area (Å²) in [7, 11) is 1.87. The van der Waals surface area contributed by atoms with Crippen LogP contribution in [0.5, 0.6) is 0 Å². The molecule has 0 aromatic carbocycles. The van der Waals surface area contributed by atoms with E-state index in [2.05, 4.69) is 25.7 Å². The summed E-state index contributed by atoms with van der Waals surface area (Å²) in [6.45, 7) is 4.13. The molecule has 0 bridgehead atoms. The molecule has 6 nitrogen and oxygen atoms in total. The van der Waals surface area contributed by atoms with Crippen LogP contribution in [0, 0.1) is 5.92 Å². The molecule has 0 amide bonds. The van der Waals surface area contributed by atoms with Crippen molar-refractivity contribution in [3.8, 4) is 0 Å². The molecular weight excluding hydrogens is 278 g/mol. The van der Waals surface area contributed by atoms with Crippen molar-refractivity contribution >= 4 is 6.01 Å². The van der Waals surface area contributed by atoms with Crippen LogP contribution in [0.15, 0.2) is 4.42 Å². The Morgan fingerprint density at radius 1 is 1.14 bits per heavy atom. The van der Waals surface area contributed by atoms with Crippen molar-refractivity contribution in [3.05, 3.63) is 5.89 Å². The van der Waals surface area contributed by atoms with E-state index in [1.807, 2.05) is 7.05 Å². The van der Waals surface area contributed by atoms with Crippen LogP contribution in [0.1, 0.15) is 50.8 Å². The number of anilines is 1. The molecule has 1 saturated heterocycles. The number of likely N-dealkylation sites (tertiary alicyclic amines) is 1. The molecule has 1 aromatic heterocycles. The molecule has 124 valence electrons. The number of rotatable bonds is 7. The van der Waals surface area contributed by atoms with Gasteiger partial charge in [-0.1, -0.05) is 17.9 Å². The Bertz CT molecular complexity index is 435. The monoisotopic (exact) mass is 307 g/mol. The number of aromatic nitrogens is 2. The van der Waals surface area contributed by atoms with Crippen molar-refractivity contribution in [1.29, 1.82) is 0 Å². The average molecular weight is 307 g/mol. The molecule has 0 unspecified atom stereocenters. The van der Waals surface area contributed by atoms with Crippen LogP contribution in [0.4, 0.5) is 6.01 Å². The molecule has 1 aliphatic heterocycles. The minimum atomic E-state index is 0.550. The fraction of sp³-hybridized carbons (Fsp3) is 0.875. The lowest BCUT2D eigenvalue weighted by Crippen LogP contribution is -2.40. The quantitative estimate of drug-likeness (QED) is 0.805. The Morgan fingerprint density at radius 2 is 1.91 bits per heavy atom. The molecular formula is C16H29N5O. The fourth-order valence-electron chi connectivity index (χ4n) is 3.81. The van der Waals surface area contributed by atoms with Gasteiger partial charge in [-0.15, -0.1) is 5.10 Å². The molecule has 0 radical (unpaired) electrons. The molecule has 1 aliphatic carbocycles. The first-order valence-corrected chi connectivity index (χ1v) is 8.80. The number of hydrogen-bond donors (Lipinski definition) is 2. The van der Waals surface area contributed by atoms with E-state index in [0.717, 1.165) is 18.5 Å². The van der Waals surface area contributed by atoms with Gasteiger partial charge in [0.25, 0.3) is 0 Å². The van der Waals surface area contributed by atoms with E-state index in [-0.39, 0.29) is 0 Å². The van der Waals surface area contributed by atoms with Gasteiger partial charge in [-0.25, -0.2) is 0 Å². The van der Waals surface area contributed by atoms with Crippen molar-refractivity contribution in [3.63, 3.8) is 0 Å². The fourth-order valence-corrected chi connectivity index (χ4v) is 3.81. The molecule has 3 rings (SSSR count). The molecule has 1 aromatic rings. The zero-order valence-corrected chi connectivity index (χ0v) is 13.7. The molecule has 2 fully saturated rings. The Kier molecular flexibility index (Phi) is 5.67. The number of hydrogen-bond acceptors (Lipinski definition) is 6. The van der Waals surface area contributed by atoms with Crippen molar-refractivity contribution in [2.24, 2.45) is 5.92 Å². The van der Waals surface area contributed by atoms with Crippen LogP contribution in [0.3, 0.4) is 0 Å². The molecule has 2 heterocycles. The molecule has 2 aliphatic rings. The predicted molar refractivity (Wildman–Crippen MR) is 86.7 cm³/mol. The van der Waals surface area contributed by atoms with Gasteiger partial charge in [0.15, 0.2) is 0 Å². The van der Waals surface area contributed by atoms with Crippen LogP contribution in [-0.2, 0) is 6.54 Å². The molecule has 6 heteroatoms. The minimum absolute atomic E-state index is 0.550. The van der Waals surface area contributed by atoms with Crippen molar-refractivity contribution in [2.45, 2.75) is 57.5 Å². The Labute approximate surface area is 133 Å². The van der Waals surface area contributed by atoms with Crippen LogP contribution in [0.25, 0.3) is 0 Å². The first kappa shape index (κ1) is 15.7. The Morgan fingerprint density at radius 3 is 2.64 bits per heavy atom. The molecule has 1 saturated carbocycles. The van der Waals surface area contributed by atoms with E-state index in [9.17, 15) is 0 Å². The lowest BCUT2D eigenvalue weighted by molar-refractivity contribution is 0.132. The average Bonchev–Trinajstić information content (AvgIpc) is 3.20. The minimum Gasteiger partial charge on any atom is -0.407 e. The van der Waals surface area contributed by atoms with Gasteiger partial charge >= 0.3 is 6.01 Å². The first-order valence-electron chi connectivity index (χ1n) is 8.80. The summed E-state index contributed by atoms with van der Waals surface area (Å²) in [6.07, 6.45) is 9.61. The highest BCUT2D eigenvalue weighted by molar-refractivity contribution is 5.16. The highest BCUT2D eigenvalue weighted by atomic mass is 16.4. The van der Waals surface area contributed by atoms with E-state index in [1.54, 1.807) is 0 Å². The van der Waals surface area contributed by atoms with Crippen LogP contribution in [-0.4, -0.2) is 47.8 Å². The van der Waals surface area contributed by atoms with E-state index < -0.39 is 0 Å². The molecule has 2 N–H and O–H groups in total. The largest absolute Gasteiger partial charge is 0.407 e. The lowest BCUT2D eigenvalue weighted by Gasteiger charge is -2.36. The smallest absolute Gasteiger partial charge is 0.315 e. The highest BCUT2D eigenvalue weighted by Gasteiger charge is 2.26. The van der Waals surface area contributed by atoms with Crippen LogP contribution in [0.2, 0.25) is 0 Å². The van der Waals surface area contributed by atoms with E-state index >= 15 is 0 Å². The standard InChI is InChI=1S/C16H29N5O/c1-17-12-15-19-20-16(22-15)18-9-6-13-7-10-21(11-8-13)14-4-2-3-5-14/h13-14,17H,2-12H2,1H3,(H,18,20). The number of piperidine rings is 1. The normalized spacial score (nSPS) is 21.5. The van der Waals surface area contributed by atoms with Gasteiger partial charge in [0, 0.05) is 12.6 Å². The second-order valence-electron chi connectivity index (χ2n) is 6.66. The predicted octanol–water partition coefficient (Wildman–Crippen LogP) is 2.25. The summed E-state index contributed by atoms with van der Waals surface area (Å²) < 4.78 is 5.49. The van der Waals surface area contributed by atoms with Gasteiger partial charge in [0.05, 0.1) is 6.54 Å². The zero-order valence-electron chi connectivity index (χ0n) is 13.7. The summed E-state index contributed by atoms with van der Waals surface area (Å²) in [6, 6.07) is 1.44. The van der Waals surface area contributed by atoms with Crippen LogP contribution < -0.4 is 10.6 Å². The Balaban J connectivity index is 1.32. The van der Waals surface area contributed by atoms with E-state index in [1.165, 1.54) is 58.0 Å². The van der Waals surface area contributed by atoms with Gasteiger partial charge in [-0.2, -0.15) is 0 Å². The van der Waals surface area contributed by atoms with Gasteiger partial charge in [-0.3, -0.25) is 0 Å². The summed E-state index contributed by atoms with van der Waals surface area (Å²) in [5.41, 5.74) is 0. The van der Waals surface area contributed by atoms with Gasteiger partial charge in [0.2, 0.25) is 5.89 Å². The molecule has 0 spiro atoms. The molecule has 22 heavy (non-hydrogen) atoms. The molecule has 0 atom stereocenters. The summed E-state index contributed by atoms with van der Waals surface area (Å²) in [4.78, 5) is 2.74. The van der Waals surface area contributed by atoms with Gasteiger partial charge < -0.3 is 20.0 Å². The third-order valence-electron chi connectivity index (χ3n) is 5.11. The first-order chi connectivity index (χ1) is 10.8. The van der Waals surface area contributed by atoms with Gasteiger partial charge in [0.1, 0.15) is 0 Å². The third kappa shape index (κ3) is 4.20. The number of nitrogens with zero attached hydrogens (tertiary/aromatic N) is 3. The topological polar surface area (TPSA) is 66.2 Å². The number of nitrogens with one attached hydrogen (secondary N) is 2. The van der Waals surface area contributed by atoms with E-state index in [4.69, 9.17) is 4.42 Å². The van der Waals surface area contributed by atoms with Crippen LogP contribution >= 0.6 is 0 Å². The highest BCUT2D eigenvalue weighted by Crippen LogP contribution is 2.28. The lowest BCUT2D eigenvalue weighted by atomic mass is 9.92. The summed E-state index contributed by atoms with van der Waals surface area (Å²) in [5.74, 6) is 1.47. The maximum absolute atomic E-state index is 5.49. The van der Waals surface area contributed by atoms with Crippen molar-refractivity contribution < 1.29 is 4.42 Å². The third-order valence-corrected chi connectivity index (χ3v) is 5.11. The maximum atomic E-state index is 5.49. The second-order valence-corrected chi connectivity index (χ2v) is 6.66. The van der Waals surface area contributed by atoms with Gasteiger partial charge in [-0.05, 0) is 58.2 Å². The van der Waals surface area contributed by atoms with E-state index in [0.29, 0.717) is 18.5 Å². The zero-order chi connectivity index (χ0) is 15.2. The second kappa shape index (κ2) is 7.92. The van der Waals surface area contributed by atoms with Crippen molar-refractivity contribution in [2.75, 3.05) is 32.0 Å². The SMILES string of the molecule is CNCc1nnc(NCCC2CCN(C3CCCC3)CC2)o1. The van der Waals surface area contributed by atoms with Crippen molar-refractivity contribution in [1.82, 2.24) is 20.4 Å². The maximum Gasteiger partial charge on any atom is 0.315 e. The summed E-state index contributed by atoms with van der Waals surface area (Å²) in [5, 5.41) is 14.2. The summed E-state index contributed by atoms with van der Waals surface area (Å²) >= 11 is 0. The Hall–Kier alpha value is -1.14.